The molecule has 0 aliphatic heterocycles. The smallest absolute Gasteiger partial charge is 0.159 e. The van der Waals surface area contributed by atoms with Gasteiger partial charge in [-0.1, -0.05) is 6.07 Å². The maximum atomic E-state index is 13.0. The molecule has 1 N–H and O–H groups in total. The second-order valence-electron chi connectivity index (χ2n) is 5.13. The van der Waals surface area contributed by atoms with Gasteiger partial charge >= 0.3 is 0 Å². The van der Waals surface area contributed by atoms with Crippen molar-refractivity contribution in [3.8, 4) is 0 Å². The zero-order valence-electron chi connectivity index (χ0n) is 10.9. The Morgan fingerprint density at radius 1 is 1.33 bits per heavy atom. The lowest BCUT2D eigenvalue weighted by molar-refractivity contribution is 0.241. The molecule has 0 heterocycles. The number of nitrogens with one attached hydrogen (secondary N) is 1. The second kappa shape index (κ2) is 5.76. The molecule has 100 valence electrons. The van der Waals surface area contributed by atoms with Crippen LogP contribution >= 0.6 is 0 Å². The molecule has 1 aromatic rings. The molecule has 0 spiro atoms. The summed E-state index contributed by atoms with van der Waals surface area (Å²) in [6.45, 7) is 3.60. The summed E-state index contributed by atoms with van der Waals surface area (Å²) in [7, 11) is 2.14. The fourth-order valence-corrected chi connectivity index (χ4v) is 2.06. The van der Waals surface area contributed by atoms with Gasteiger partial charge in [-0.3, -0.25) is 4.90 Å². The fourth-order valence-electron chi connectivity index (χ4n) is 2.06. The van der Waals surface area contributed by atoms with Crippen LogP contribution in [-0.4, -0.2) is 30.6 Å². The van der Waals surface area contributed by atoms with Gasteiger partial charge in [0.05, 0.1) is 0 Å². The zero-order valence-corrected chi connectivity index (χ0v) is 10.9. The molecule has 1 saturated carbocycles. The Morgan fingerprint density at radius 2 is 2.06 bits per heavy atom. The van der Waals surface area contributed by atoms with Gasteiger partial charge < -0.3 is 5.32 Å². The Kier molecular flexibility index (Phi) is 4.30. The third-order valence-corrected chi connectivity index (χ3v) is 3.57. The molecule has 0 bridgehead atoms. The molecule has 4 heteroatoms. The first-order valence-electron chi connectivity index (χ1n) is 6.44. The molecular weight excluding hydrogens is 234 g/mol. The van der Waals surface area contributed by atoms with Crippen LogP contribution in [0.2, 0.25) is 0 Å². The van der Waals surface area contributed by atoms with Gasteiger partial charge in [-0.25, -0.2) is 8.78 Å². The van der Waals surface area contributed by atoms with E-state index in [9.17, 15) is 8.78 Å². The van der Waals surface area contributed by atoms with Crippen LogP contribution in [0.3, 0.4) is 0 Å². The van der Waals surface area contributed by atoms with Crippen molar-refractivity contribution in [1.82, 2.24) is 10.2 Å². The molecule has 1 aromatic carbocycles. The summed E-state index contributed by atoms with van der Waals surface area (Å²) in [6.07, 6.45) is 2.59. The van der Waals surface area contributed by atoms with Crippen LogP contribution in [0.15, 0.2) is 18.2 Å². The van der Waals surface area contributed by atoms with Gasteiger partial charge in [-0.15, -0.1) is 0 Å². The minimum Gasteiger partial charge on any atom is -0.311 e. The standard InChI is InChI=1S/C14H20F2N2/c1-10(18(2)12-4-5-12)8-17-9-11-3-6-13(15)14(16)7-11/h3,6-7,10,12,17H,4-5,8-9H2,1-2H3. The first kappa shape index (κ1) is 13.4. The molecule has 0 saturated heterocycles. The Bertz CT molecular complexity index is 405. The van der Waals surface area contributed by atoms with Crippen LogP contribution in [-0.2, 0) is 6.54 Å². The molecule has 1 unspecified atom stereocenters. The van der Waals surface area contributed by atoms with E-state index in [0.29, 0.717) is 12.6 Å². The molecule has 2 nitrogen and oxygen atoms in total. The normalized spacial score (nSPS) is 17.2. The second-order valence-corrected chi connectivity index (χ2v) is 5.13. The summed E-state index contributed by atoms with van der Waals surface area (Å²) in [5.41, 5.74) is 0.773. The molecule has 0 radical (unpaired) electrons. The van der Waals surface area contributed by atoms with Crippen LogP contribution in [0.4, 0.5) is 8.78 Å². The highest BCUT2D eigenvalue weighted by atomic mass is 19.2. The maximum Gasteiger partial charge on any atom is 0.159 e. The van der Waals surface area contributed by atoms with E-state index in [1.54, 1.807) is 6.07 Å². The van der Waals surface area contributed by atoms with E-state index < -0.39 is 11.6 Å². The number of hydrogen-bond acceptors (Lipinski definition) is 2. The van der Waals surface area contributed by atoms with E-state index in [4.69, 9.17) is 0 Å². The van der Waals surface area contributed by atoms with Crippen molar-refractivity contribution in [2.45, 2.75) is 38.4 Å². The number of benzene rings is 1. The Morgan fingerprint density at radius 3 is 2.67 bits per heavy atom. The Labute approximate surface area is 107 Å². The monoisotopic (exact) mass is 254 g/mol. The summed E-state index contributed by atoms with van der Waals surface area (Å²) >= 11 is 0. The SMILES string of the molecule is CC(CNCc1ccc(F)c(F)c1)N(C)C1CC1. The van der Waals surface area contributed by atoms with E-state index in [1.807, 2.05) is 0 Å². The largest absolute Gasteiger partial charge is 0.311 e. The first-order valence-corrected chi connectivity index (χ1v) is 6.44. The van der Waals surface area contributed by atoms with E-state index in [1.165, 1.54) is 25.0 Å². The van der Waals surface area contributed by atoms with Gasteiger partial charge in [0.15, 0.2) is 11.6 Å². The Hall–Kier alpha value is -1.00. The average Bonchev–Trinajstić information content (AvgIpc) is 3.16. The number of halogens is 2. The highest BCUT2D eigenvalue weighted by Gasteiger charge is 2.28. The van der Waals surface area contributed by atoms with Crippen molar-refractivity contribution in [3.05, 3.63) is 35.4 Å². The van der Waals surface area contributed by atoms with Crippen LogP contribution in [0.5, 0.6) is 0 Å². The van der Waals surface area contributed by atoms with Crippen LogP contribution in [0.25, 0.3) is 0 Å². The van der Waals surface area contributed by atoms with Gasteiger partial charge in [-0.2, -0.15) is 0 Å². The average molecular weight is 254 g/mol. The van der Waals surface area contributed by atoms with Crippen molar-refractivity contribution in [2.24, 2.45) is 0 Å². The molecule has 1 atom stereocenters. The van der Waals surface area contributed by atoms with E-state index in [2.05, 4.69) is 24.2 Å². The summed E-state index contributed by atoms with van der Waals surface area (Å²) in [5, 5.41) is 3.28. The number of likely N-dealkylation sites (N-methyl/N-ethyl adjacent to an activating group) is 1. The fraction of sp³-hybridized carbons (Fsp3) is 0.571. The van der Waals surface area contributed by atoms with Crippen LogP contribution in [0.1, 0.15) is 25.3 Å². The molecule has 1 fully saturated rings. The van der Waals surface area contributed by atoms with Gasteiger partial charge in [0.25, 0.3) is 0 Å². The zero-order chi connectivity index (χ0) is 13.1. The van der Waals surface area contributed by atoms with E-state index >= 15 is 0 Å². The summed E-state index contributed by atoms with van der Waals surface area (Å²) in [5.74, 6) is -1.57. The highest BCUT2D eigenvalue weighted by Crippen LogP contribution is 2.26. The predicted molar refractivity (Wildman–Crippen MR) is 68.3 cm³/mol. The number of nitrogens with zero attached hydrogens (tertiary/aromatic N) is 1. The maximum absolute atomic E-state index is 13.0. The summed E-state index contributed by atoms with van der Waals surface area (Å²) in [6, 6.07) is 5.23. The predicted octanol–water partition coefficient (Wildman–Crippen LogP) is 2.54. The Balaban J connectivity index is 1.75. The van der Waals surface area contributed by atoms with Crippen molar-refractivity contribution in [3.63, 3.8) is 0 Å². The van der Waals surface area contributed by atoms with E-state index in [-0.39, 0.29) is 0 Å². The quantitative estimate of drug-likeness (QED) is 0.839. The topological polar surface area (TPSA) is 15.3 Å². The number of hydrogen-bond donors (Lipinski definition) is 1. The van der Waals surface area contributed by atoms with E-state index in [0.717, 1.165) is 18.2 Å². The minimum atomic E-state index is -0.791. The molecule has 1 aliphatic rings. The molecule has 2 rings (SSSR count). The van der Waals surface area contributed by atoms with Gasteiger partial charge in [0, 0.05) is 25.2 Å². The van der Waals surface area contributed by atoms with Crippen LogP contribution in [0, 0.1) is 11.6 Å². The van der Waals surface area contributed by atoms with Gasteiger partial charge in [0.1, 0.15) is 0 Å². The third kappa shape index (κ3) is 3.50. The number of rotatable bonds is 6. The lowest BCUT2D eigenvalue weighted by atomic mass is 10.2. The molecule has 18 heavy (non-hydrogen) atoms. The summed E-state index contributed by atoms with van der Waals surface area (Å²) in [4.78, 5) is 2.37. The first-order chi connectivity index (χ1) is 8.58. The molecular formula is C14H20F2N2. The molecule has 1 aliphatic carbocycles. The van der Waals surface area contributed by atoms with Gasteiger partial charge in [-0.05, 0) is 44.5 Å². The highest BCUT2D eigenvalue weighted by molar-refractivity contribution is 5.17. The lowest BCUT2D eigenvalue weighted by Crippen LogP contribution is -2.38. The minimum absolute atomic E-state index is 0.461. The van der Waals surface area contributed by atoms with Crippen molar-refractivity contribution < 1.29 is 8.78 Å². The molecule has 0 aromatic heterocycles. The van der Waals surface area contributed by atoms with Crippen molar-refractivity contribution in [1.29, 1.82) is 0 Å². The molecule has 0 amide bonds. The van der Waals surface area contributed by atoms with Crippen LogP contribution < -0.4 is 5.32 Å². The van der Waals surface area contributed by atoms with Gasteiger partial charge in [0.2, 0.25) is 0 Å². The van der Waals surface area contributed by atoms with Crippen molar-refractivity contribution in [2.75, 3.05) is 13.6 Å². The lowest BCUT2D eigenvalue weighted by Gasteiger charge is -2.24. The van der Waals surface area contributed by atoms with Crippen molar-refractivity contribution >= 4 is 0 Å². The summed E-state index contributed by atoms with van der Waals surface area (Å²) < 4.78 is 25.7. The third-order valence-electron chi connectivity index (χ3n) is 3.57.